The van der Waals surface area contributed by atoms with Gasteiger partial charge >= 0.3 is 0 Å². The topological polar surface area (TPSA) is 57.8 Å². The van der Waals surface area contributed by atoms with Crippen LogP contribution in [-0.4, -0.2) is 16.5 Å². The normalized spacial score (nSPS) is 19.9. The van der Waals surface area contributed by atoms with Crippen LogP contribution < -0.4 is 5.32 Å². The van der Waals surface area contributed by atoms with Gasteiger partial charge in [-0.05, 0) is 74.6 Å². The fraction of sp³-hybridized carbons (Fsp3) is 0.391. The zero-order valence-corrected chi connectivity index (χ0v) is 18.2. The molecular formula is C23H26BrN3O. The number of aryl methyl sites for hydroxylation is 1. The SMILES string of the molecule is Cc1cc(/C=C(\C#N)C(=O)N[C@H]2CCCC[C@@H]2C)c(C)n1-c1ccc(Br)cc1. The van der Waals surface area contributed by atoms with Gasteiger partial charge in [-0.15, -0.1) is 0 Å². The first-order chi connectivity index (χ1) is 13.4. The summed E-state index contributed by atoms with van der Waals surface area (Å²) in [6.07, 6.45) is 6.18. The van der Waals surface area contributed by atoms with Gasteiger partial charge in [0.25, 0.3) is 5.91 Å². The van der Waals surface area contributed by atoms with E-state index in [4.69, 9.17) is 0 Å². The molecule has 0 unspecified atom stereocenters. The highest BCUT2D eigenvalue weighted by Crippen LogP contribution is 2.26. The van der Waals surface area contributed by atoms with E-state index in [1.807, 2.05) is 44.2 Å². The smallest absolute Gasteiger partial charge is 0.262 e. The maximum absolute atomic E-state index is 12.7. The molecule has 1 amide bonds. The predicted octanol–water partition coefficient (Wildman–Crippen LogP) is 5.46. The predicted molar refractivity (Wildman–Crippen MR) is 116 cm³/mol. The van der Waals surface area contributed by atoms with Crippen LogP contribution in [0.4, 0.5) is 0 Å². The lowest BCUT2D eigenvalue weighted by Crippen LogP contribution is -2.41. The lowest BCUT2D eigenvalue weighted by atomic mass is 9.86. The summed E-state index contributed by atoms with van der Waals surface area (Å²) in [4.78, 5) is 12.7. The Morgan fingerprint density at radius 2 is 1.93 bits per heavy atom. The zero-order chi connectivity index (χ0) is 20.3. The van der Waals surface area contributed by atoms with Crippen LogP contribution in [0.1, 0.15) is 49.6 Å². The first-order valence-corrected chi connectivity index (χ1v) is 10.6. The number of nitrogens with zero attached hydrogens (tertiary/aromatic N) is 2. The summed E-state index contributed by atoms with van der Waals surface area (Å²) in [6, 6.07) is 12.4. The third kappa shape index (κ3) is 4.39. The summed E-state index contributed by atoms with van der Waals surface area (Å²) in [5, 5.41) is 12.7. The average molecular weight is 440 g/mol. The molecule has 0 aliphatic heterocycles. The number of carbonyl (C=O) groups is 1. The van der Waals surface area contributed by atoms with E-state index in [2.05, 4.69) is 38.8 Å². The van der Waals surface area contributed by atoms with Gasteiger partial charge in [-0.1, -0.05) is 35.7 Å². The van der Waals surface area contributed by atoms with Crippen molar-refractivity contribution in [2.45, 2.75) is 52.5 Å². The molecule has 1 fully saturated rings. The van der Waals surface area contributed by atoms with Crippen molar-refractivity contribution >= 4 is 27.9 Å². The summed E-state index contributed by atoms with van der Waals surface area (Å²) >= 11 is 3.46. The molecule has 2 aromatic rings. The van der Waals surface area contributed by atoms with Gasteiger partial charge in [0, 0.05) is 27.6 Å². The molecule has 0 spiro atoms. The lowest BCUT2D eigenvalue weighted by Gasteiger charge is -2.29. The molecule has 0 saturated heterocycles. The maximum atomic E-state index is 12.7. The molecule has 4 nitrogen and oxygen atoms in total. The Labute approximate surface area is 175 Å². The van der Waals surface area contributed by atoms with Crippen LogP contribution in [0.25, 0.3) is 11.8 Å². The molecule has 1 aliphatic rings. The van der Waals surface area contributed by atoms with Crippen LogP contribution >= 0.6 is 15.9 Å². The number of benzene rings is 1. The van der Waals surface area contributed by atoms with E-state index in [1.54, 1.807) is 6.08 Å². The van der Waals surface area contributed by atoms with Gasteiger partial charge in [-0.3, -0.25) is 4.79 Å². The van der Waals surface area contributed by atoms with E-state index in [0.717, 1.165) is 46.4 Å². The van der Waals surface area contributed by atoms with Gasteiger partial charge in [0.05, 0.1) is 0 Å². The Balaban J connectivity index is 1.86. The molecule has 2 atom stereocenters. The Morgan fingerprint density at radius 1 is 1.25 bits per heavy atom. The highest BCUT2D eigenvalue weighted by molar-refractivity contribution is 9.10. The van der Waals surface area contributed by atoms with Crippen molar-refractivity contribution in [3.63, 3.8) is 0 Å². The van der Waals surface area contributed by atoms with E-state index < -0.39 is 0 Å². The number of hydrogen-bond donors (Lipinski definition) is 1. The summed E-state index contributed by atoms with van der Waals surface area (Å²) in [6.45, 7) is 6.21. The fourth-order valence-corrected chi connectivity index (χ4v) is 4.27. The number of halogens is 1. The van der Waals surface area contributed by atoms with Gasteiger partial charge in [0.1, 0.15) is 11.6 Å². The van der Waals surface area contributed by atoms with Crippen LogP contribution in [0, 0.1) is 31.1 Å². The third-order valence-electron chi connectivity index (χ3n) is 5.65. The van der Waals surface area contributed by atoms with Gasteiger partial charge in [-0.2, -0.15) is 5.26 Å². The standard InChI is InChI=1S/C23H26BrN3O/c1-15-6-4-5-7-22(15)26-23(28)19(14-25)13-18-12-16(2)27(17(18)3)21-10-8-20(24)9-11-21/h8-13,15,22H,4-7H2,1-3H3,(H,26,28)/b19-13+/t15-,22-/m0/s1. The Hall–Kier alpha value is -2.32. The summed E-state index contributed by atoms with van der Waals surface area (Å²) in [7, 11) is 0. The summed E-state index contributed by atoms with van der Waals surface area (Å²) in [5.74, 6) is 0.190. The molecule has 1 saturated carbocycles. The second-order valence-electron chi connectivity index (χ2n) is 7.65. The second kappa shape index (κ2) is 8.79. The minimum atomic E-state index is -0.269. The molecule has 146 valence electrons. The van der Waals surface area contributed by atoms with Crippen LogP contribution in [0.3, 0.4) is 0 Å². The molecule has 0 radical (unpaired) electrons. The van der Waals surface area contributed by atoms with Crippen molar-refractivity contribution in [1.29, 1.82) is 5.26 Å². The number of amides is 1. The van der Waals surface area contributed by atoms with Crippen molar-refractivity contribution in [3.05, 3.63) is 57.3 Å². The van der Waals surface area contributed by atoms with E-state index in [9.17, 15) is 10.1 Å². The highest BCUT2D eigenvalue weighted by atomic mass is 79.9. The maximum Gasteiger partial charge on any atom is 0.262 e. The average Bonchev–Trinajstić information content (AvgIpc) is 2.95. The van der Waals surface area contributed by atoms with Crippen LogP contribution in [0.15, 0.2) is 40.4 Å². The van der Waals surface area contributed by atoms with Crippen LogP contribution in [0.2, 0.25) is 0 Å². The van der Waals surface area contributed by atoms with E-state index in [1.165, 1.54) is 6.42 Å². The molecule has 5 heteroatoms. The zero-order valence-electron chi connectivity index (χ0n) is 16.6. The van der Waals surface area contributed by atoms with Gasteiger partial charge in [0.2, 0.25) is 0 Å². The van der Waals surface area contributed by atoms with Crippen molar-refractivity contribution in [1.82, 2.24) is 9.88 Å². The molecule has 0 bridgehead atoms. The number of aromatic nitrogens is 1. The molecule has 1 heterocycles. The number of carbonyl (C=O) groups excluding carboxylic acids is 1. The van der Waals surface area contributed by atoms with E-state index in [0.29, 0.717) is 5.92 Å². The molecular weight excluding hydrogens is 414 g/mol. The van der Waals surface area contributed by atoms with Crippen molar-refractivity contribution in [3.8, 4) is 11.8 Å². The number of nitriles is 1. The first kappa shape index (κ1) is 20.4. The fourth-order valence-electron chi connectivity index (χ4n) is 4.00. The highest BCUT2D eigenvalue weighted by Gasteiger charge is 2.24. The van der Waals surface area contributed by atoms with Gasteiger partial charge < -0.3 is 9.88 Å². The van der Waals surface area contributed by atoms with E-state index in [-0.39, 0.29) is 17.5 Å². The minimum absolute atomic E-state index is 0.160. The molecule has 1 N–H and O–H groups in total. The van der Waals surface area contributed by atoms with Crippen molar-refractivity contribution < 1.29 is 4.79 Å². The molecule has 1 aliphatic carbocycles. The molecule has 1 aromatic carbocycles. The van der Waals surface area contributed by atoms with Crippen LogP contribution in [-0.2, 0) is 4.79 Å². The second-order valence-corrected chi connectivity index (χ2v) is 8.57. The van der Waals surface area contributed by atoms with E-state index >= 15 is 0 Å². The first-order valence-electron chi connectivity index (χ1n) is 9.78. The monoisotopic (exact) mass is 439 g/mol. The third-order valence-corrected chi connectivity index (χ3v) is 6.18. The van der Waals surface area contributed by atoms with Crippen LogP contribution in [0.5, 0.6) is 0 Å². The van der Waals surface area contributed by atoms with Crippen molar-refractivity contribution in [2.24, 2.45) is 5.92 Å². The molecule has 28 heavy (non-hydrogen) atoms. The van der Waals surface area contributed by atoms with Gasteiger partial charge in [-0.25, -0.2) is 0 Å². The number of nitrogens with one attached hydrogen (secondary N) is 1. The molecule has 3 rings (SSSR count). The summed E-state index contributed by atoms with van der Waals surface area (Å²) in [5.41, 5.74) is 4.17. The number of hydrogen-bond acceptors (Lipinski definition) is 2. The van der Waals surface area contributed by atoms with Crippen molar-refractivity contribution in [2.75, 3.05) is 0 Å². The quantitative estimate of drug-likeness (QED) is 0.507. The van der Waals surface area contributed by atoms with Gasteiger partial charge in [0.15, 0.2) is 0 Å². The Bertz CT molecular complexity index is 934. The number of rotatable bonds is 4. The molecule has 1 aromatic heterocycles. The largest absolute Gasteiger partial charge is 0.348 e. The minimum Gasteiger partial charge on any atom is -0.348 e. The Kier molecular flexibility index (Phi) is 6.41. The summed E-state index contributed by atoms with van der Waals surface area (Å²) < 4.78 is 3.16. The lowest BCUT2D eigenvalue weighted by molar-refractivity contribution is -0.118. The Morgan fingerprint density at radius 3 is 2.57 bits per heavy atom.